The normalized spacial score (nSPS) is 9.33. The summed E-state index contributed by atoms with van der Waals surface area (Å²) in [6, 6.07) is 47.4. The number of ether oxygens (including phenoxy) is 1. The fraction of sp³-hybridized carbons (Fsp3) is 0.295. The van der Waals surface area contributed by atoms with Crippen LogP contribution in [0.4, 0.5) is 5.69 Å². The predicted molar refractivity (Wildman–Crippen MR) is 427 cm³/mol. The van der Waals surface area contributed by atoms with Gasteiger partial charge in [0.25, 0.3) is 0 Å². The van der Waals surface area contributed by atoms with Gasteiger partial charge in [0.05, 0.1) is 12.3 Å². The summed E-state index contributed by atoms with van der Waals surface area (Å²) in [4.78, 5) is 74.9. The number of hydrogen-bond acceptors (Lipinski definition) is 13. The van der Waals surface area contributed by atoms with Crippen molar-refractivity contribution in [3.05, 3.63) is 312 Å². The van der Waals surface area contributed by atoms with Crippen LogP contribution >= 0.6 is 0 Å². The van der Waals surface area contributed by atoms with Crippen LogP contribution in [0.3, 0.4) is 0 Å². The number of rotatable bonds is 17. The molecule has 0 fully saturated rings. The second-order valence-electron chi connectivity index (χ2n) is 25.1. The van der Waals surface area contributed by atoms with Crippen molar-refractivity contribution in [1.29, 1.82) is 0 Å². The van der Waals surface area contributed by atoms with Crippen LogP contribution in [0.1, 0.15) is 193 Å². The van der Waals surface area contributed by atoms with E-state index in [2.05, 4.69) is 92.6 Å². The Kier molecular flexibility index (Phi) is 54.9. The molecule has 0 saturated heterocycles. The second-order valence-corrected chi connectivity index (χ2v) is 25.5. The Bertz CT molecular complexity index is 3810. The molecule has 0 aliphatic carbocycles. The van der Waals surface area contributed by atoms with Gasteiger partial charge < -0.3 is 22.5 Å². The number of hydrogen-bond donors (Lipinski definition) is 1. The van der Waals surface area contributed by atoms with E-state index in [1.54, 1.807) is 37.0 Å². The maximum atomic E-state index is 12.5. The molecule has 0 aliphatic rings. The first-order valence-electron chi connectivity index (χ1n) is 33.6. The smallest absolute Gasteiger partial charge is 0.872 e. The monoisotopic (exact) mass is 1670 g/mol. The summed E-state index contributed by atoms with van der Waals surface area (Å²) in [6.07, 6.45) is 5.22. The van der Waals surface area contributed by atoms with Gasteiger partial charge in [-0.1, -0.05) is 205 Å². The Labute approximate surface area is 749 Å². The van der Waals surface area contributed by atoms with Gasteiger partial charge in [0.2, 0.25) is 5.91 Å². The van der Waals surface area contributed by atoms with E-state index in [0.717, 1.165) is 137 Å². The molecule has 550 valence electrons. The molecule has 1 amide bonds. The van der Waals surface area contributed by atoms with Crippen molar-refractivity contribution in [3.8, 4) is 5.75 Å². The van der Waals surface area contributed by atoms with Crippen LogP contribution in [0.25, 0.3) is 0 Å². The molecule has 16 heteroatoms. The summed E-state index contributed by atoms with van der Waals surface area (Å²) in [6.45, 7) is 57.5. The minimum atomic E-state index is -0.125. The zero-order chi connectivity index (χ0) is 77.9. The Morgan fingerprint density at radius 3 is 1.05 bits per heavy atom. The number of aldehydes is 4. The number of aryl methyl sites for hydroxylation is 16. The van der Waals surface area contributed by atoms with E-state index in [9.17, 15) is 33.9 Å². The Hall–Kier alpha value is -6.34. The van der Waals surface area contributed by atoms with E-state index in [1.807, 2.05) is 220 Å². The topological polar surface area (TPSA) is 172 Å². The van der Waals surface area contributed by atoms with Crippen LogP contribution < -0.4 is 153 Å². The van der Waals surface area contributed by atoms with Gasteiger partial charge in [-0.25, -0.2) is 5.01 Å². The number of nitrogens with zero attached hydrogens (tertiary/aromatic N) is 2. The molecule has 0 spiro atoms. The molecule has 1 N–H and O–H groups in total. The van der Waals surface area contributed by atoms with Crippen LogP contribution in [0.15, 0.2) is 200 Å². The first-order chi connectivity index (χ1) is 47.9. The van der Waals surface area contributed by atoms with Crippen molar-refractivity contribution in [3.63, 3.8) is 0 Å². The third-order valence-electron chi connectivity index (χ3n) is 14.7. The van der Waals surface area contributed by atoms with Crippen molar-refractivity contribution >= 4 is 55.3 Å². The zero-order valence-electron chi connectivity index (χ0n) is 66.7. The van der Waals surface area contributed by atoms with Crippen molar-refractivity contribution < 1.29 is 189 Å². The Morgan fingerprint density at radius 1 is 0.442 bits per heavy atom. The molecule has 0 radical (unpaired) electrons. The van der Waals surface area contributed by atoms with Gasteiger partial charge in [0.15, 0.2) is 0 Å². The average Bonchev–Trinajstić information content (AvgIpc) is 0.806. The molecule has 0 heterocycles. The molecule has 8 aromatic rings. The Morgan fingerprint density at radius 2 is 0.760 bits per heavy atom. The molecule has 104 heavy (non-hydrogen) atoms. The summed E-state index contributed by atoms with van der Waals surface area (Å²) < 4.78 is 5.05. The maximum Gasteiger partial charge on any atom is 1.00 e. The fourth-order valence-corrected chi connectivity index (χ4v) is 8.75. The quantitative estimate of drug-likeness (QED) is 0.0228. The molecule has 0 aliphatic heterocycles. The van der Waals surface area contributed by atoms with Gasteiger partial charge in [-0.05, 0) is 213 Å². The van der Waals surface area contributed by atoms with Gasteiger partial charge >= 0.3 is 144 Å². The fourth-order valence-electron chi connectivity index (χ4n) is 8.50. The van der Waals surface area contributed by atoms with Crippen LogP contribution in [0.5, 0.6) is 5.75 Å². The molecular weight excluding hydrogens is 1560 g/mol. The van der Waals surface area contributed by atoms with E-state index >= 15 is 0 Å². The van der Waals surface area contributed by atoms with E-state index in [4.69, 9.17) is 17.4 Å². The van der Waals surface area contributed by atoms with Gasteiger partial charge in [-0.3, -0.25) is 44.0 Å². The first kappa shape index (κ1) is 102. The predicted octanol–water partition coefficient (Wildman–Crippen LogP) is 15.2. The maximum absolute atomic E-state index is 12.5. The third-order valence-corrected chi connectivity index (χ3v) is 15.1. The van der Waals surface area contributed by atoms with Crippen LogP contribution in [0.2, 0.25) is 0 Å². The van der Waals surface area contributed by atoms with Gasteiger partial charge in [-0.15, -0.1) is 5.75 Å². The number of carbonyl (C=O) groups excluding carboxylic acids is 6. The summed E-state index contributed by atoms with van der Waals surface area (Å²) >= 11 is 5.04. The minimum Gasteiger partial charge on any atom is -0.872 e. The van der Waals surface area contributed by atoms with Crippen LogP contribution in [0, 0.1) is 111 Å². The van der Waals surface area contributed by atoms with Crippen LogP contribution in [-0.4, -0.2) is 48.7 Å². The number of amides is 1. The first-order valence-corrected chi connectivity index (χ1v) is 34.0. The summed E-state index contributed by atoms with van der Waals surface area (Å²) in [5.41, 5.74) is 27.4. The number of allylic oxidation sites excluding steroid dienone is 4. The third kappa shape index (κ3) is 43.3. The standard InChI is InChI=1S/C17H25N3O.C13H18O2.4C9H10O.C8H10O.C8H10S.C6H10O2.2Cs.2H2/c1-8-17(21)19(20(13(4)5)18-12(2)3)16-11-14(6)9-10-15(16)7;1-4-13(14)15-8-7-12-9-10(2)5-6-11(12)3;4*1-7-3-4-8(2)9(5-7)6-10;2*1-6-3-4-7(2)8(9)5-6;1-5(2)7-8-6(3)4;;;;/h9-11,18H,2,4,8H2,1,3,5-7H3;5-6,9H,4,7-8H2,1-3H3;4*3-6H,1-2H3;2*3-5,9H,1-2H3;1,3H2,2,4H3;;;2*1H/q;;;;;;;;;2*+1;;/p-2. The van der Waals surface area contributed by atoms with Crippen molar-refractivity contribution in [2.75, 3.05) is 11.6 Å². The van der Waals surface area contributed by atoms with Gasteiger partial charge in [0.1, 0.15) is 36.7 Å². The number of nitrogens with one attached hydrogen (secondary N) is 1. The molecule has 0 saturated carbocycles. The Balaban J connectivity index is -0.000000365. The van der Waals surface area contributed by atoms with E-state index in [1.165, 1.54) is 27.8 Å². The zero-order valence-corrected chi connectivity index (χ0v) is 80.1. The number of benzene rings is 8. The van der Waals surface area contributed by atoms with E-state index in [-0.39, 0.29) is 158 Å². The number of anilines is 1. The molecular formula is C88H115Cs2N3O10S. The molecule has 0 unspecified atom stereocenters. The molecule has 8 rings (SSSR count). The summed E-state index contributed by atoms with van der Waals surface area (Å²) in [5, 5.41) is 14.1. The van der Waals surface area contributed by atoms with Crippen LogP contribution in [-0.2, 0) is 43.2 Å². The van der Waals surface area contributed by atoms with E-state index in [0.29, 0.717) is 36.7 Å². The van der Waals surface area contributed by atoms with Crippen molar-refractivity contribution in [2.24, 2.45) is 0 Å². The number of esters is 1. The van der Waals surface area contributed by atoms with Gasteiger partial charge in [0, 0.05) is 55.8 Å². The number of hydrazine groups is 2. The molecule has 0 bridgehead atoms. The molecule has 0 atom stereocenters. The molecule has 0 aromatic heterocycles. The molecule has 13 nitrogen and oxygen atoms in total. The summed E-state index contributed by atoms with van der Waals surface area (Å²) in [7, 11) is 0. The van der Waals surface area contributed by atoms with E-state index < -0.39 is 0 Å². The average molecular weight is 1670 g/mol. The van der Waals surface area contributed by atoms with Gasteiger partial charge in [-0.2, -0.15) is 10.0 Å². The number of carbonyl (C=O) groups is 6. The molecule has 8 aromatic carbocycles. The van der Waals surface area contributed by atoms with Crippen molar-refractivity contribution in [2.45, 2.75) is 176 Å². The second kappa shape index (κ2) is 56.0. The minimum absolute atomic E-state index is 0. The van der Waals surface area contributed by atoms with Crippen molar-refractivity contribution in [1.82, 2.24) is 10.5 Å². The summed E-state index contributed by atoms with van der Waals surface area (Å²) in [5.74, 6) is 1.04. The largest absolute Gasteiger partial charge is 1.00 e. The SMILES string of the molecule is C=C(C)NN(C(=C)C)N(C(=O)CC)c1cc(C)ccc1C.C=C(C)OOC(=C)C.CCC(=O)OCCc1cc(C)ccc1C.Cc1ccc(C)c(C=O)c1.Cc1ccc(C)c(C=O)c1.Cc1ccc(C)c(C=O)c1.Cc1ccc(C)c(C=O)c1.Cc1ccc(C)c([O-])c1.Cc1ccc(C)c([S-])c1.[Cs+].[Cs+].[HH].[HH].